The van der Waals surface area contributed by atoms with Crippen LogP contribution < -0.4 is 0 Å². The number of para-hydroxylation sites is 1. The predicted octanol–water partition coefficient (Wildman–Crippen LogP) is 5.28. The number of carboxylic acid groups (broad SMARTS) is 1. The van der Waals surface area contributed by atoms with Gasteiger partial charge >= 0.3 is 5.97 Å². The summed E-state index contributed by atoms with van der Waals surface area (Å²) in [5, 5.41) is 19.2. The lowest BCUT2D eigenvalue weighted by atomic mass is 10.0. The molecule has 3 rings (SSSR count). The minimum atomic E-state index is -0.775. The number of nitrogens with zero attached hydrogens (tertiary/aromatic N) is 2. The van der Waals surface area contributed by atoms with Crippen LogP contribution in [0.1, 0.15) is 43.0 Å². The molecule has 7 heteroatoms. The van der Waals surface area contributed by atoms with Crippen molar-refractivity contribution in [3.63, 3.8) is 0 Å². The Labute approximate surface area is 161 Å². The molecule has 26 heavy (non-hydrogen) atoms. The van der Waals surface area contributed by atoms with Gasteiger partial charge in [0, 0.05) is 29.8 Å². The SMILES string of the molecule is CC1=Nc2ccccc2/C1=C/c1sc(=S)n(CCCCCC(=O)O)c1O. The standard InChI is InChI=1S/C19H20N2O3S2/c1-12-14(13-7-4-5-8-15(13)20-12)11-16-18(24)21(19(25)26-16)10-6-2-3-9-17(22)23/h4-5,7-8,11,24H,2-3,6,9-10H2,1H3,(H,22,23)/b14-11+. The van der Waals surface area contributed by atoms with Crippen LogP contribution in [0, 0.1) is 3.95 Å². The molecular weight excluding hydrogens is 368 g/mol. The number of rotatable bonds is 7. The van der Waals surface area contributed by atoms with E-state index in [9.17, 15) is 9.90 Å². The Balaban J connectivity index is 1.78. The van der Waals surface area contributed by atoms with Gasteiger partial charge in [-0.2, -0.15) is 0 Å². The topological polar surface area (TPSA) is 74.8 Å². The van der Waals surface area contributed by atoms with Gasteiger partial charge in [0.25, 0.3) is 0 Å². The van der Waals surface area contributed by atoms with Crippen molar-refractivity contribution in [2.24, 2.45) is 4.99 Å². The fraction of sp³-hybridized carbons (Fsp3) is 0.316. The van der Waals surface area contributed by atoms with Crippen molar-refractivity contribution in [1.29, 1.82) is 0 Å². The van der Waals surface area contributed by atoms with Crippen LogP contribution in [0.25, 0.3) is 11.6 Å². The molecule has 0 amide bonds. The summed E-state index contributed by atoms with van der Waals surface area (Å²) < 4.78 is 2.34. The summed E-state index contributed by atoms with van der Waals surface area (Å²) in [6, 6.07) is 7.94. The van der Waals surface area contributed by atoms with Gasteiger partial charge in [-0.15, -0.1) is 11.3 Å². The van der Waals surface area contributed by atoms with Gasteiger partial charge in [0.1, 0.15) is 0 Å². The Hall–Kier alpha value is -2.25. The van der Waals surface area contributed by atoms with E-state index in [1.54, 1.807) is 4.57 Å². The van der Waals surface area contributed by atoms with Crippen molar-refractivity contribution >= 4 is 52.6 Å². The van der Waals surface area contributed by atoms with Crippen molar-refractivity contribution in [2.75, 3.05) is 0 Å². The number of hydrogen-bond donors (Lipinski definition) is 2. The zero-order valence-corrected chi connectivity index (χ0v) is 16.1. The molecule has 1 aromatic heterocycles. The number of allylic oxidation sites excluding steroid dienone is 1. The number of unbranched alkanes of at least 4 members (excludes halogenated alkanes) is 2. The zero-order valence-electron chi connectivity index (χ0n) is 14.4. The average molecular weight is 389 g/mol. The Bertz CT molecular complexity index is 954. The Morgan fingerprint density at radius 1 is 1.31 bits per heavy atom. The van der Waals surface area contributed by atoms with Gasteiger partial charge < -0.3 is 10.2 Å². The molecule has 0 unspecified atom stereocenters. The number of carboxylic acids is 1. The smallest absolute Gasteiger partial charge is 0.303 e. The van der Waals surface area contributed by atoms with Gasteiger partial charge in [-0.05, 0) is 44.1 Å². The molecule has 2 aromatic rings. The maximum absolute atomic E-state index is 10.6. The highest BCUT2D eigenvalue weighted by atomic mass is 32.1. The molecule has 1 aliphatic heterocycles. The lowest BCUT2D eigenvalue weighted by Gasteiger charge is -2.05. The summed E-state index contributed by atoms with van der Waals surface area (Å²) in [5.41, 5.74) is 3.92. The fourth-order valence-electron chi connectivity index (χ4n) is 2.98. The van der Waals surface area contributed by atoms with E-state index >= 15 is 0 Å². The highest BCUT2D eigenvalue weighted by Crippen LogP contribution is 2.38. The van der Waals surface area contributed by atoms with E-state index in [0.717, 1.165) is 40.3 Å². The molecule has 0 spiro atoms. The van der Waals surface area contributed by atoms with Crippen molar-refractivity contribution in [2.45, 2.75) is 39.2 Å². The summed E-state index contributed by atoms with van der Waals surface area (Å²) in [6.07, 6.45) is 4.33. The largest absolute Gasteiger partial charge is 0.493 e. The number of benzene rings is 1. The predicted molar refractivity (Wildman–Crippen MR) is 108 cm³/mol. The molecule has 1 aromatic carbocycles. The molecule has 136 valence electrons. The summed E-state index contributed by atoms with van der Waals surface area (Å²) in [4.78, 5) is 15.8. The molecule has 5 nitrogen and oxygen atoms in total. The quantitative estimate of drug-likeness (QED) is 0.500. The molecule has 2 heterocycles. The van der Waals surface area contributed by atoms with Gasteiger partial charge in [0.15, 0.2) is 3.95 Å². The maximum atomic E-state index is 10.6. The molecule has 2 N–H and O–H groups in total. The van der Waals surface area contributed by atoms with Crippen LogP contribution >= 0.6 is 23.6 Å². The normalized spacial score (nSPS) is 14.5. The highest BCUT2D eigenvalue weighted by Gasteiger charge is 2.19. The van der Waals surface area contributed by atoms with Crippen LogP contribution in [-0.2, 0) is 11.3 Å². The third-order valence-corrected chi connectivity index (χ3v) is 5.70. The third-order valence-electron chi connectivity index (χ3n) is 4.31. The second kappa shape index (κ2) is 7.97. The fourth-order valence-corrected chi connectivity index (χ4v) is 4.28. The summed E-state index contributed by atoms with van der Waals surface area (Å²) >= 11 is 6.77. The number of aromatic hydroxyl groups is 1. The molecule has 0 atom stereocenters. The van der Waals surface area contributed by atoms with Gasteiger partial charge in [0.2, 0.25) is 5.88 Å². The third kappa shape index (κ3) is 3.94. The minimum absolute atomic E-state index is 0.169. The van der Waals surface area contributed by atoms with Crippen LogP contribution in [0.15, 0.2) is 29.3 Å². The minimum Gasteiger partial charge on any atom is -0.493 e. The van der Waals surface area contributed by atoms with Gasteiger partial charge in [-0.25, -0.2) is 0 Å². The number of hydrogen-bond acceptors (Lipinski definition) is 5. The zero-order chi connectivity index (χ0) is 18.7. The summed E-state index contributed by atoms with van der Waals surface area (Å²) in [7, 11) is 0. The highest BCUT2D eigenvalue weighted by molar-refractivity contribution is 7.73. The second-order valence-electron chi connectivity index (χ2n) is 6.18. The van der Waals surface area contributed by atoms with E-state index in [2.05, 4.69) is 4.99 Å². The van der Waals surface area contributed by atoms with Crippen molar-refractivity contribution in [3.8, 4) is 5.88 Å². The number of fused-ring (bicyclic) bond motifs is 1. The van der Waals surface area contributed by atoms with Gasteiger partial charge in [-0.3, -0.25) is 14.4 Å². The Morgan fingerprint density at radius 2 is 2.08 bits per heavy atom. The van der Waals surface area contributed by atoms with E-state index in [1.807, 2.05) is 37.3 Å². The molecule has 0 fully saturated rings. The first-order chi connectivity index (χ1) is 12.5. The second-order valence-corrected chi connectivity index (χ2v) is 7.86. The van der Waals surface area contributed by atoms with Crippen molar-refractivity contribution in [3.05, 3.63) is 38.7 Å². The number of carbonyl (C=O) groups is 1. The molecule has 0 saturated carbocycles. The Morgan fingerprint density at radius 3 is 2.85 bits per heavy atom. The van der Waals surface area contributed by atoms with Gasteiger partial charge in [0.05, 0.1) is 10.6 Å². The summed E-state index contributed by atoms with van der Waals surface area (Å²) in [5.74, 6) is -0.606. The molecule has 0 radical (unpaired) electrons. The van der Waals surface area contributed by atoms with Crippen LogP contribution in [0.5, 0.6) is 5.88 Å². The molecule has 0 aliphatic carbocycles. The van der Waals surface area contributed by atoms with E-state index in [1.165, 1.54) is 11.3 Å². The van der Waals surface area contributed by atoms with Crippen LogP contribution in [0.3, 0.4) is 0 Å². The van der Waals surface area contributed by atoms with Crippen molar-refractivity contribution in [1.82, 2.24) is 4.57 Å². The Kier molecular flexibility index (Phi) is 5.68. The monoisotopic (exact) mass is 388 g/mol. The molecule has 0 bridgehead atoms. The molecular formula is C19H20N2O3S2. The summed E-state index contributed by atoms with van der Waals surface area (Å²) in [6.45, 7) is 2.55. The lowest BCUT2D eigenvalue weighted by molar-refractivity contribution is -0.137. The molecule has 1 aliphatic rings. The first kappa shape index (κ1) is 18.5. The average Bonchev–Trinajstić information content (AvgIpc) is 3.05. The van der Waals surface area contributed by atoms with E-state index in [0.29, 0.717) is 16.9 Å². The first-order valence-corrected chi connectivity index (χ1v) is 9.71. The number of aromatic nitrogens is 1. The van der Waals surface area contributed by atoms with E-state index in [-0.39, 0.29) is 12.3 Å². The van der Waals surface area contributed by atoms with Gasteiger partial charge in [-0.1, -0.05) is 24.6 Å². The number of thiazole rings is 1. The van der Waals surface area contributed by atoms with Crippen LogP contribution in [0.4, 0.5) is 5.69 Å². The lowest BCUT2D eigenvalue weighted by Crippen LogP contribution is -1.99. The first-order valence-electron chi connectivity index (χ1n) is 8.48. The van der Waals surface area contributed by atoms with E-state index in [4.69, 9.17) is 17.3 Å². The number of aliphatic imine (C=N–C) groups is 1. The van der Waals surface area contributed by atoms with Crippen LogP contribution in [0.2, 0.25) is 0 Å². The number of aliphatic carboxylic acids is 1. The molecule has 0 saturated heterocycles. The van der Waals surface area contributed by atoms with E-state index < -0.39 is 5.97 Å². The maximum Gasteiger partial charge on any atom is 0.303 e. The van der Waals surface area contributed by atoms with Crippen molar-refractivity contribution < 1.29 is 15.0 Å². The van der Waals surface area contributed by atoms with Crippen LogP contribution in [-0.4, -0.2) is 26.5 Å².